The molecule has 0 atom stereocenters. The van der Waals surface area contributed by atoms with Crippen molar-refractivity contribution in [2.24, 2.45) is 0 Å². The van der Waals surface area contributed by atoms with Gasteiger partial charge in [0.1, 0.15) is 11.6 Å². The molecule has 0 amide bonds. The maximum atomic E-state index is 13.5. The van der Waals surface area contributed by atoms with Gasteiger partial charge in [0.25, 0.3) is 0 Å². The van der Waals surface area contributed by atoms with Gasteiger partial charge in [0.2, 0.25) is 0 Å². The van der Waals surface area contributed by atoms with Gasteiger partial charge in [0, 0.05) is 12.1 Å². The lowest BCUT2D eigenvalue weighted by atomic mass is 9.97. The minimum Gasteiger partial charge on any atom is -0.313 e. The van der Waals surface area contributed by atoms with Gasteiger partial charge < -0.3 is 5.32 Å². The standard InChI is InChI=1S/C16H16ClF2N/c1-3-20-9-11-7-12(18)4-5-13(11)14-6-10(2)16(19)8-15(14)17/h4-8,20H,3,9H2,1-2H3. The van der Waals surface area contributed by atoms with E-state index in [2.05, 4.69) is 5.32 Å². The molecule has 0 fully saturated rings. The zero-order chi connectivity index (χ0) is 14.7. The van der Waals surface area contributed by atoms with Crippen LogP contribution in [0.15, 0.2) is 30.3 Å². The van der Waals surface area contributed by atoms with Crippen LogP contribution >= 0.6 is 11.6 Å². The molecule has 4 heteroatoms. The van der Waals surface area contributed by atoms with E-state index in [1.54, 1.807) is 19.1 Å². The van der Waals surface area contributed by atoms with E-state index < -0.39 is 0 Å². The molecule has 2 rings (SSSR count). The van der Waals surface area contributed by atoms with Crippen molar-refractivity contribution in [3.63, 3.8) is 0 Å². The van der Waals surface area contributed by atoms with Gasteiger partial charge in [-0.05, 0) is 54.4 Å². The molecule has 0 aliphatic heterocycles. The van der Waals surface area contributed by atoms with Gasteiger partial charge in [-0.2, -0.15) is 0 Å². The number of halogens is 3. The van der Waals surface area contributed by atoms with Crippen LogP contribution in [0.5, 0.6) is 0 Å². The molecular formula is C16H16ClF2N. The molecule has 0 aromatic heterocycles. The Hall–Kier alpha value is -1.45. The third kappa shape index (κ3) is 3.17. The second-order valence-corrected chi connectivity index (χ2v) is 5.07. The summed E-state index contributed by atoms with van der Waals surface area (Å²) in [7, 11) is 0. The first-order chi connectivity index (χ1) is 9.52. The van der Waals surface area contributed by atoms with E-state index in [1.807, 2.05) is 6.92 Å². The summed E-state index contributed by atoms with van der Waals surface area (Å²) in [4.78, 5) is 0. The molecule has 20 heavy (non-hydrogen) atoms. The number of hydrogen-bond donors (Lipinski definition) is 1. The number of hydrogen-bond acceptors (Lipinski definition) is 1. The summed E-state index contributed by atoms with van der Waals surface area (Å²) in [5, 5.41) is 3.49. The van der Waals surface area contributed by atoms with Crippen molar-refractivity contribution in [2.45, 2.75) is 20.4 Å². The number of nitrogens with one attached hydrogen (secondary N) is 1. The molecule has 2 aromatic rings. The Bertz CT molecular complexity index is 626. The second-order valence-electron chi connectivity index (χ2n) is 4.66. The largest absolute Gasteiger partial charge is 0.313 e. The lowest BCUT2D eigenvalue weighted by molar-refractivity contribution is 0.618. The monoisotopic (exact) mass is 295 g/mol. The van der Waals surface area contributed by atoms with Crippen molar-refractivity contribution in [2.75, 3.05) is 6.54 Å². The smallest absolute Gasteiger partial charge is 0.127 e. The van der Waals surface area contributed by atoms with Crippen LogP contribution in [-0.2, 0) is 6.54 Å². The third-order valence-electron chi connectivity index (χ3n) is 3.17. The van der Waals surface area contributed by atoms with Gasteiger partial charge >= 0.3 is 0 Å². The quantitative estimate of drug-likeness (QED) is 0.862. The van der Waals surface area contributed by atoms with Crippen LogP contribution < -0.4 is 5.32 Å². The topological polar surface area (TPSA) is 12.0 Å². The Morgan fingerprint density at radius 3 is 2.55 bits per heavy atom. The summed E-state index contributed by atoms with van der Waals surface area (Å²) >= 11 is 6.13. The number of rotatable bonds is 4. The van der Waals surface area contributed by atoms with Crippen molar-refractivity contribution in [3.8, 4) is 11.1 Å². The molecule has 0 heterocycles. The van der Waals surface area contributed by atoms with Gasteiger partial charge in [0.05, 0.1) is 5.02 Å². The predicted octanol–water partition coefficient (Wildman–Crippen LogP) is 4.70. The lowest BCUT2D eigenvalue weighted by Crippen LogP contribution is -2.12. The van der Waals surface area contributed by atoms with E-state index in [1.165, 1.54) is 18.2 Å². The summed E-state index contributed by atoms with van der Waals surface area (Å²) in [5.74, 6) is -0.634. The normalized spacial score (nSPS) is 10.8. The Morgan fingerprint density at radius 1 is 1.10 bits per heavy atom. The highest BCUT2D eigenvalue weighted by Crippen LogP contribution is 2.33. The fraction of sp³-hybridized carbons (Fsp3) is 0.250. The first-order valence-electron chi connectivity index (χ1n) is 6.48. The first-order valence-corrected chi connectivity index (χ1v) is 6.86. The molecular weight excluding hydrogens is 280 g/mol. The van der Waals surface area contributed by atoms with Crippen molar-refractivity contribution >= 4 is 11.6 Å². The fourth-order valence-electron chi connectivity index (χ4n) is 2.09. The summed E-state index contributed by atoms with van der Waals surface area (Å²) in [5.41, 5.74) is 2.86. The molecule has 0 radical (unpaired) electrons. The highest BCUT2D eigenvalue weighted by atomic mass is 35.5. The maximum absolute atomic E-state index is 13.5. The van der Waals surface area contributed by atoms with Gasteiger partial charge in [0.15, 0.2) is 0 Å². The zero-order valence-corrected chi connectivity index (χ0v) is 12.2. The maximum Gasteiger partial charge on any atom is 0.127 e. The minimum absolute atomic E-state index is 0.295. The van der Waals surface area contributed by atoms with Crippen LogP contribution in [0.2, 0.25) is 5.02 Å². The average molecular weight is 296 g/mol. The van der Waals surface area contributed by atoms with Crippen LogP contribution in [-0.4, -0.2) is 6.54 Å². The highest BCUT2D eigenvalue weighted by Gasteiger charge is 2.12. The summed E-state index contributed by atoms with van der Waals surface area (Å²) < 4.78 is 26.9. The van der Waals surface area contributed by atoms with Gasteiger partial charge in [-0.3, -0.25) is 0 Å². The molecule has 1 nitrogen and oxygen atoms in total. The fourth-order valence-corrected chi connectivity index (χ4v) is 2.35. The molecule has 0 saturated heterocycles. The van der Waals surface area contributed by atoms with Crippen LogP contribution in [0.25, 0.3) is 11.1 Å². The van der Waals surface area contributed by atoms with Crippen molar-refractivity contribution in [1.82, 2.24) is 5.32 Å². The summed E-state index contributed by atoms with van der Waals surface area (Å²) in [6, 6.07) is 7.54. The number of benzene rings is 2. The van der Waals surface area contributed by atoms with E-state index in [4.69, 9.17) is 11.6 Å². The van der Waals surface area contributed by atoms with Crippen molar-refractivity contribution in [3.05, 3.63) is 58.1 Å². The van der Waals surface area contributed by atoms with Crippen LogP contribution in [0.4, 0.5) is 8.78 Å². The third-order valence-corrected chi connectivity index (χ3v) is 3.48. The highest BCUT2D eigenvalue weighted by molar-refractivity contribution is 6.33. The van der Waals surface area contributed by atoms with Crippen molar-refractivity contribution < 1.29 is 8.78 Å². The molecule has 106 valence electrons. The molecule has 0 bridgehead atoms. The molecule has 0 aliphatic carbocycles. The van der Waals surface area contributed by atoms with Crippen LogP contribution in [0.1, 0.15) is 18.1 Å². The second kappa shape index (κ2) is 6.33. The van der Waals surface area contributed by atoms with Crippen LogP contribution in [0.3, 0.4) is 0 Å². The summed E-state index contributed by atoms with van der Waals surface area (Å²) in [6.07, 6.45) is 0. The first kappa shape index (κ1) is 14.9. The van der Waals surface area contributed by atoms with Gasteiger partial charge in [-0.1, -0.05) is 24.6 Å². The van der Waals surface area contributed by atoms with E-state index >= 15 is 0 Å². The minimum atomic E-state index is -0.339. The summed E-state index contributed by atoms with van der Waals surface area (Å²) in [6.45, 7) is 4.99. The van der Waals surface area contributed by atoms with E-state index in [-0.39, 0.29) is 11.6 Å². The Morgan fingerprint density at radius 2 is 1.85 bits per heavy atom. The van der Waals surface area contributed by atoms with E-state index in [0.29, 0.717) is 17.1 Å². The van der Waals surface area contributed by atoms with Crippen molar-refractivity contribution in [1.29, 1.82) is 0 Å². The zero-order valence-electron chi connectivity index (χ0n) is 11.4. The predicted molar refractivity (Wildman–Crippen MR) is 78.9 cm³/mol. The SMILES string of the molecule is CCNCc1cc(F)ccc1-c1cc(C)c(F)cc1Cl. The van der Waals surface area contributed by atoms with Gasteiger partial charge in [-0.25, -0.2) is 8.78 Å². The van der Waals surface area contributed by atoms with E-state index in [0.717, 1.165) is 23.2 Å². The van der Waals surface area contributed by atoms with Crippen LogP contribution in [0, 0.1) is 18.6 Å². The molecule has 1 N–H and O–H groups in total. The molecule has 0 aliphatic rings. The molecule has 2 aromatic carbocycles. The molecule has 0 saturated carbocycles. The average Bonchev–Trinajstić information content (AvgIpc) is 2.41. The van der Waals surface area contributed by atoms with Gasteiger partial charge in [-0.15, -0.1) is 0 Å². The Kier molecular flexibility index (Phi) is 4.73. The van der Waals surface area contributed by atoms with E-state index in [9.17, 15) is 8.78 Å². The Balaban J connectivity index is 2.54. The number of aryl methyl sites for hydroxylation is 1. The molecule has 0 spiro atoms. The Labute approximate surface area is 122 Å². The lowest BCUT2D eigenvalue weighted by Gasteiger charge is -2.13. The molecule has 0 unspecified atom stereocenters.